The lowest BCUT2D eigenvalue weighted by atomic mass is 9.96. The Morgan fingerprint density at radius 1 is 1.13 bits per heavy atom. The zero-order valence-electron chi connectivity index (χ0n) is 21.1. The predicted octanol–water partition coefficient (Wildman–Crippen LogP) is 3.01. The van der Waals surface area contributed by atoms with E-state index in [2.05, 4.69) is 4.99 Å². The Morgan fingerprint density at radius 2 is 1.89 bits per heavy atom. The second-order valence-electron chi connectivity index (χ2n) is 8.24. The van der Waals surface area contributed by atoms with Gasteiger partial charge in [0.1, 0.15) is 12.6 Å². The first-order valence-corrected chi connectivity index (χ1v) is 12.7. The molecule has 0 radical (unpaired) electrons. The standard InChI is InChI=1S/C27H25ClN2O7S/c1-15-23(26(33)36-12-11-34-3)24(18-7-5-6-8-19(18)28)30-25(32)22(38-27(30)29-15)14-17-9-10-20(37-16(2)31)21(13-17)35-4/h5-10,13-14,24H,11-12H2,1-4H3/b22-14-/t24-/m0/s1. The molecule has 0 unspecified atom stereocenters. The molecule has 38 heavy (non-hydrogen) atoms. The number of allylic oxidation sites excluding steroid dienone is 1. The molecule has 3 aromatic rings. The van der Waals surface area contributed by atoms with Gasteiger partial charge in [0.2, 0.25) is 0 Å². The maximum atomic E-state index is 13.8. The van der Waals surface area contributed by atoms with Gasteiger partial charge in [0, 0.05) is 19.1 Å². The molecular weight excluding hydrogens is 532 g/mol. The Labute approximate surface area is 227 Å². The lowest BCUT2D eigenvalue weighted by molar-refractivity contribution is -0.140. The maximum Gasteiger partial charge on any atom is 0.338 e. The highest BCUT2D eigenvalue weighted by atomic mass is 35.5. The van der Waals surface area contributed by atoms with Crippen LogP contribution in [0.2, 0.25) is 5.02 Å². The molecule has 0 saturated heterocycles. The summed E-state index contributed by atoms with van der Waals surface area (Å²) in [5, 5.41) is 0.398. The molecule has 0 aliphatic carbocycles. The van der Waals surface area contributed by atoms with Gasteiger partial charge in [0.05, 0.1) is 29.5 Å². The number of hydrogen-bond donors (Lipinski definition) is 0. The first kappa shape index (κ1) is 27.3. The van der Waals surface area contributed by atoms with Crippen LogP contribution >= 0.6 is 22.9 Å². The van der Waals surface area contributed by atoms with Crippen molar-refractivity contribution >= 4 is 41.0 Å². The van der Waals surface area contributed by atoms with Gasteiger partial charge in [-0.15, -0.1) is 0 Å². The summed E-state index contributed by atoms with van der Waals surface area (Å²) in [5.74, 6) is -0.471. The summed E-state index contributed by atoms with van der Waals surface area (Å²) in [6.07, 6.45) is 1.68. The van der Waals surface area contributed by atoms with E-state index >= 15 is 0 Å². The molecule has 2 aromatic carbocycles. The highest BCUT2D eigenvalue weighted by Gasteiger charge is 2.34. The Morgan fingerprint density at radius 3 is 2.58 bits per heavy atom. The fourth-order valence-corrected chi connectivity index (χ4v) is 5.32. The largest absolute Gasteiger partial charge is 0.493 e. The van der Waals surface area contributed by atoms with Gasteiger partial charge in [0.15, 0.2) is 16.3 Å². The van der Waals surface area contributed by atoms with Crippen LogP contribution in [0.15, 0.2) is 63.5 Å². The average molecular weight is 557 g/mol. The Hall–Kier alpha value is -3.73. The molecule has 11 heteroatoms. The van der Waals surface area contributed by atoms with Crippen LogP contribution in [0, 0.1) is 0 Å². The Balaban J connectivity index is 1.86. The van der Waals surface area contributed by atoms with Crippen molar-refractivity contribution in [2.24, 2.45) is 4.99 Å². The number of halogens is 1. The molecule has 0 fully saturated rings. The average Bonchev–Trinajstić information content (AvgIpc) is 3.18. The maximum absolute atomic E-state index is 13.8. The number of aromatic nitrogens is 1. The van der Waals surface area contributed by atoms with Crippen molar-refractivity contribution in [3.8, 4) is 11.5 Å². The monoisotopic (exact) mass is 556 g/mol. The van der Waals surface area contributed by atoms with Crippen LogP contribution in [-0.2, 0) is 19.1 Å². The number of thiazole rings is 1. The summed E-state index contributed by atoms with van der Waals surface area (Å²) in [7, 11) is 2.97. The summed E-state index contributed by atoms with van der Waals surface area (Å²) in [6, 6.07) is 11.1. The first-order valence-electron chi connectivity index (χ1n) is 11.5. The molecule has 0 saturated carbocycles. The van der Waals surface area contributed by atoms with Crippen molar-refractivity contribution < 1.29 is 28.5 Å². The van der Waals surface area contributed by atoms with E-state index in [1.54, 1.807) is 55.5 Å². The van der Waals surface area contributed by atoms with E-state index < -0.39 is 18.0 Å². The molecule has 9 nitrogen and oxygen atoms in total. The van der Waals surface area contributed by atoms with Gasteiger partial charge in [0.25, 0.3) is 5.56 Å². The third-order valence-corrected chi connectivity index (χ3v) is 7.03. The number of carbonyl (C=O) groups is 2. The van der Waals surface area contributed by atoms with Gasteiger partial charge in [-0.05, 0) is 42.3 Å². The lowest BCUT2D eigenvalue weighted by Crippen LogP contribution is -2.40. The second-order valence-corrected chi connectivity index (χ2v) is 9.65. The van der Waals surface area contributed by atoms with Gasteiger partial charge < -0.3 is 18.9 Å². The number of ether oxygens (including phenoxy) is 4. The molecule has 198 valence electrons. The number of carbonyl (C=O) groups excluding carboxylic acids is 2. The normalized spacial score (nSPS) is 15.1. The summed E-state index contributed by atoms with van der Waals surface area (Å²) in [6.45, 7) is 3.28. The SMILES string of the molecule is COCCOC(=O)C1=C(C)N=c2s/c(=C\c3ccc(OC(C)=O)c(OC)c3)c(=O)n2[C@H]1c1ccccc1Cl. The zero-order valence-corrected chi connectivity index (χ0v) is 22.7. The number of nitrogens with zero attached hydrogens (tertiary/aromatic N) is 2. The predicted molar refractivity (Wildman–Crippen MR) is 142 cm³/mol. The van der Waals surface area contributed by atoms with E-state index in [9.17, 15) is 14.4 Å². The van der Waals surface area contributed by atoms with Gasteiger partial charge >= 0.3 is 11.9 Å². The van der Waals surface area contributed by atoms with E-state index in [1.807, 2.05) is 0 Å². The van der Waals surface area contributed by atoms with Crippen molar-refractivity contribution in [1.29, 1.82) is 0 Å². The molecule has 1 aliphatic rings. The van der Waals surface area contributed by atoms with Gasteiger partial charge in [-0.1, -0.05) is 47.2 Å². The molecule has 1 aliphatic heterocycles. The van der Waals surface area contributed by atoms with Crippen molar-refractivity contribution in [1.82, 2.24) is 4.57 Å². The van der Waals surface area contributed by atoms with Gasteiger partial charge in [-0.25, -0.2) is 9.79 Å². The molecule has 0 N–H and O–H groups in total. The molecule has 2 heterocycles. The number of hydrogen-bond acceptors (Lipinski definition) is 9. The number of benzene rings is 2. The molecular formula is C27H25ClN2O7S. The molecule has 0 amide bonds. The highest BCUT2D eigenvalue weighted by molar-refractivity contribution is 7.07. The summed E-state index contributed by atoms with van der Waals surface area (Å²) < 4.78 is 22.7. The third-order valence-electron chi connectivity index (χ3n) is 5.70. The van der Waals surface area contributed by atoms with Crippen LogP contribution in [0.1, 0.15) is 31.0 Å². The van der Waals surface area contributed by atoms with E-state index in [1.165, 1.54) is 37.0 Å². The van der Waals surface area contributed by atoms with E-state index in [-0.39, 0.29) is 30.1 Å². The van der Waals surface area contributed by atoms with Crippen LogP contribution in [0.5, 0.6) is 11.5 Å². The van der Waals surface area contributed by atoms with E-state index in [4.69, 9.17) is 30.5 Å². The van der Waals surface area contributed by atoms with Crippen molar-refractivity contribution in [3.63, 3.8) is 0 Å². The molecule has 4 rings (SSSR count). The molecule has 0 bridgehead atoms. The Kier molecular flexibility index (Phi) is 8.45. The van der Waals surface area contributed by atoms with E-state index in [0.717, 1.165) is 0 Å². The van der Waals surface area contributed by atoms with Crippen LogP contribution in [0.3, 0.4) is 0 Å². The van der Waals surface area contributed by atoms with Crippen LogP contribution in [0.25, 0.3) is 6.08 Å². The number of esters is 2. The first-order chi connectivity index (χ1) is 18.2. The summed E-state index contributed by atoms with van der Waals surface area (Å²) in [5.41, 5.74) is 1.52. The number of methoxy groups -OCH3 is 2. The van der Waals surface area contributed by atoms with Gasteiger partial charge in [-0.2, -0.15) is 0 Å². The molecule has 1 aromatic heterocycles. The zero-order chi connectivity index (χ0) is 27.4. The highest BCUT2D eigenvalue weighted by Crippen LogP contribution is 2.34. The fraction of sp³-hybridized carbons (Fsp3) is 0.259. The number of rotatable bonds is 8. The summed E-state index contributed by atoms with van der Waals surface area (Å²) in [4.78, 5) is 43.3. The third kappa shape index (κ3) is 5.57. The van der Waals surface area contributed by atoms with E-state index in [0.29, 0.717) is 36.9 Å². The second kappa shape index (κ2) is 11.8. The minimum Gasteiger partial charge on any atom is -0.493 e. The minimum atomic E-state index is -0.835. The lowest BCUT2D eigenvalue weighted by Gasteiger charge is -2.25. The molecule has 1 atom stereocenters. The van der Waals surface area contributed by atoms with Crippen LogP contribution in [-0.4, -0.2) is 43.9 Å². The smallest absolute Gasteiger partial charge is 0.338 e. The van der Waals surface area contributed by atoms with Crippen LogP contribution < -0.4 is 24.4 Å². The number of fused-ring (bicyclic) bond motifs is 1. The van der Waals surface area contributed by atoms with Crippen molar-refractivity contribution in [3.05, 3.63) is 89.6 Å². The molecule has 0 spiro atoms. The topological polar surface area (TPSA) is 105 Å². The Bertz CT molecular complexity index is 1610. The fourth-order valence-electron chi connectivity index (χ4n) is 4.03. The summed E-state index contributed by atoms with van der Waals surface area (Å²) >= 11 is 7.73. The van der Waals surface area contributed by atoms with Crippen molar-refractivity contribution in [2.75, 3.05) is 27.4 Å². The minimum absolute atomic E-state index is 0.0525. The van der Waals surface area contributed by atoms with Gasteiger partial charge in [-0.3, -0.25) is 14.2 Å². The quantitative estimate of drug-likeness (QED) is 0.238. The van der Waals surface area contributed by atoms with Crippen LogP contribution in [0.4, 0.5) is 0 Å². The van der Waals surface area contributed by atoms with Crippen molar-refractivity contribution in [2.45, 2.75) is 19.9 Å².